The zero-order chi connectivity index (χ0) is 15.2. The average Bonchev–Trinajstić information content (AvgIpc) is 2.48. The van der Waals surface area contributed by atoms with Crippen LogP contribution in [0.2, 0.25) is 0 Å². The fourth-order valence-electron chi connectivity index (χ4n) is 2.53. The van der Waals surface area contributed by atoms with Crippen LogP contribution in [0.15, 0.2) is 30.3 Å². The molecule has 1 aromatic carbocycles. The molecule has 21 heavy (non-hydrogen) atoms. The Morgan fingerprint density at radius 2 is 2.05 bits per heavy atom. The summed E-state index contributed by atoms with van der Waals surface area (Å²) in [6.45, 7) is 0. The van der Waals surface area contributed by atoms with Crippen LogP contribution in [-0.4, -0.2) is 22.9 Å². The smallest absolute Gasteiger partial charge is 0.276 e. The summed E-state index contributed by atoms with van der Waals surface area (Å²) in [5.41, 5.74) is 6.36. The highest BCUT2D eigenvalue weighted by Crippen LogP contribution is 2.19. The third-order valence-corrected chi connectivity index (χ3v) is 3.69. The molecule has 0 spiro atoms. The number of hydrogen-bond donors (Lipinski definition) is 2. The molecule has 2 atom stereocenters. The maximum absolute atomic E-state index is 11.9. The van der Waals surface area contributed by atoms with Crippen LogP contribution in [0.5, 0.6) is 0 Å². The number of nitro groups is 1. The van der Waals surface area contributed by atoms with Gasteiger partial charge in [0.1, 0.15) is 0 Å². The Morgan fingerprint density at radius 3 is 2.76 bits per heavy atom. The van der Waals surface area contributed by atoms with Gasteiger partial charge in [-0.05, 0) is 25.0 Å². The van der Waals surface area contributed by atoms with Crippen LogP contribution in [0, 0.1) is 10.1 Å². The normalized spacial score (nSPS) is 22.1. The van der Waals surface area contributed by atoms with Crippen LogP contribution in [0.25, 0.3) is 6.08 Å². The lowest BCUT2D eigenvalue weighted by atomic mass is 9.91. The van der Waals surface area contributed by atoms with Gasteiger partial charge in [0.2, 0.25) is 5.91 Å². The molecule has 0 aromatic heterocycles. The Balaban J connectivity index is 2.00. The highest BCUT2D eigenvalue weighted by atomic mass is 16.6. The number of benzene rings is 1. The number of para-hydroxylation sites is 1. The Morgan fingerprint density at radius 1 is 1.33 bits per heavy atom. The highest BCUT2D eigenvalue weighted by molar-refractivity contribution is 5.92. The van der Waals surface area contributed by atoms with Crippen LogP contribution in [0.4, 0.5) is 5.69 Å². The molecule has 1 aliphatic rings. The maximum Gasteiger partial charge on any atom is 0.276 e. The van der Waals surface area contributed by atoms with E-state index in [4.69, 9.17) is 5.73 Å². The molecule has 6 nitrogen and oxygen atoms in total. The summed E-state index contributed by atoms with van der Waals surface area (Å²) >= 11 is 0. The number of nitro benzene ring substituents is 1. The first-order chi connectivity index (χ1) is 10.1. The van der Waals surface area contributed by atoms with E-state index >= 15 is 0 Å². The quantitative estimate of drug-likeness (QED) is 0.503. The van der Waals surface area contributed by atoms with Gasteiger partial charge in [0.25, 0.3) is 5.69 Å². The van der Waals surface area contributed by atoms with Gasteiger partial charge < -0.3 is 11.1 Å². The van der Waals surface area contributed by atoms with Crippen molar-refractivity contribution in [2.24, 2.45) is 5.73 Å². The number of nitrogens with zero attached hydrogens (tertiary/aromatic N) is 1. The number of nitrogens with one attached hydrogen (secondary N) is 1. The topological polar surface area (TPSA) is 98.3 Å². The molecule has 3 N–H and O–H groups in total. The minimum absolute atomic E-state index is 0.0119. The molecular weight excluding hydrogens is 270 g/mol. The molecule has 6 heteroatoms. The number of carbonyl (C=O) groups excluding carboxylic acids is 1. The number of rotatable bonds is 4. The lowest BCUT2D eigenvalue weighted by molar-refractivity contribution is -0.385. The van der Waals surface area contributed by atoms with Crippen molar-refractivity contribution in [1.29, 1.82) is 0 Å². The fraction of sp³-hybridized carbons (Fsp3) is 0.400. The Bertz CT molecular complexity index is 557. The lowest BCUT2D eigenvalue weighted by Crippen LogP contribution is -2.48. The SMILES string of the molecule is NC1CCCCC1NC(=O)/C=C/c1ccccc1[N+](=O)[O-]. The van der Waals surface area contributed by atoms with Gasteiger partial charge in [-0.3, -0.25) is 14.9 Å². The molecule has 2 unspecified atom stereocenters. The number of carbonyl (C=O) groups is 1. The second kappa shape index (κ2) is 6.99. The van der Waals surface area contributed by atoms with E-state index in [0.717, 1.165) is 25.7 Å². The van der Waals surface area contributed by atoms with Gasteiger partial charge in [0, 0.05) is 24.2 Å². The highest BCUT2D eigenvalue weighted by Gasteiger charge is 2.22. The first kappa shape index (κ1) is 15.2. The van der Waals surface area contributed by atoms with Crippen LogP contribution < -0.4 is 11.1 Å². The van der Waals surface area contributed by atoms with Crippen molar-refractivity contribution < 1.29 is 9.72 Å². The summed E-state index contributed by atoms with van der Waals surface area (Å²) in [7, 11) is 0. The molecule has 0 bridgehead atoms. The van der Waals surface area contributed by atoms with Crippen molar-refractivity contribution in [2.45, 2.75) is 37.8 Å². The van der Waals surface area contributed by atoms with E-state index in [9.17, 15) is 14.9 Å². The standard InChI is InChI=1S/C15H19N3O3/c16-12-6-2-3-7-13(12)17-15(19)10-9-11-5-1-4-8-14(11)18(20)21/h1,4-5,8-10,12-13H,2-3,6-7,16H2,(H,17,19)/b10-9+. The minimum Gasteiger partial charge on any atom is -0.348 e. The van der Waals surface area contributed by atoms with Gasteiger partial charge in [-0.15, -0.1) is 0 Å². The molecule has 2 rings (SSSR count). The summed E-state index contributed by atoms with van der Waals surface area (Å²) < 4.78 is 0. The minimum atomic E-state index is -0.464. The monoisotopic (exact) mass is 289 g/mol. The molecule has 112 valence electrons. The molecule has 0 saturated heterocycles. The first-order valence-electron chi connectivity index (χ1n) is 7.05. The third-order valence-electron chi connectivity index (χ3n) is 3.69. The summed E-state index contributed by atoms with van der Waals surface area (Å²) in [4.78, 5) is 22.3. The van der Waals surface area contributed by atoms with Crippen LogP contribution in [-0.2, 0) is 4.79 Å². The van der Waals surface area contributed by atoms with Crippen molar-refractivity contribution in [2.75, 3.05) is 0 Å². The van der Waals surface area contributed by atoms with Crippen LogP contribution >= 0.6 is 0 Å². The van der Waals surface area contributed by atoms with Gasteiger partial charge in [0.05, 0.1) is 10.5 Å². The number of nitrogens with two attached hydrogens (primary N) is 1. The molecule has 1 fully saturated rings. The van der Waals surface area contributed by atoms with Gasteiger partial charge in [-0.2, -0.15) is 0 Å². The Labute approximate surface area is 123 Å². The predicted octanol–water partition coefficient (Wildman–Crippen LogP) is 1.99. The average molecular weight is 289 g/mol. The first-order valence-corrected chi connectivity index (χ1v) is 7.05. The molecule has 1 aromatic rings. The zero-order valence-electron chi connectivity index (χ0n) is 11.7. The van der Waals surface area contributed by atoms with E-state index in [1.54, 1.807) is 18.2 Å². The molecule has 0 radical (unpaired) electrons. The van der Waals surface area contributed by atoms with Crippen molar-refractivity contribution >= 4 is 17.7 Å². The molecule has 0 aliphatic heterocycles. The molecule has 1 aliphatic carbocycles. The van der Waals surface area contributed by atoms with Gasteiger partial charge in [0.15, 0.2) is 0 Å². The molecular formula is C15H19N3O3. The summed E-state index contributed by atoms with van der Waals surface area (Å²) in [5, 5.41) is 13.7. The van der Waals surface area contributed by atoms with E-state index in [0.29, 0.717) is 5.56 Å². The summed E-state index contributed by atoms with van der Waals surface area (Å²) in [6.07, 6.45) is 6.74. The summed E-state index contributed by atoms with van der Waals surface area (Å²) in [6, 6.07) is 6.28. The van der Waals surface area contributed by atoms with E-state index in [2.05, 4.69) is 5.32 Å². The number of hydrogen-bond acceptors (Lipinski definition) is 4. The van der Waals surface area contributed by atoms with Crippen molar-refractivity contribution in [1.82, 2.24) is 5.32 Å². The largest absolute Gasteiger partial charge is 0.348 e. The van der Waals surface area contributed by atoms with Crippen molar-refractivity contribution in [3.05, 3.63) is 46.0 Å². The maximum atomic E-state index is 11.9. The second-order valence-electron chi connectivity index (χ2n) is 5.21. The van der Waals surface area contributed by atoms with E-state index in [1.165, 1.54) is 18.2 Å². The van der Waals surface area contributed by atoms with E-state index in [-0.39, 0.29) is 23.7 Å². The Kier molecular flexibility index (Phi) is 5.05. The molecule has 1 amide bonds. The number of amides is 1. The Hall–Kier alpha value is -2.21. The van der Waals surface area contributed by atoms with Gasteiger partial charge in [-0.25, -0.2) is 0 Å². The second-order valence-corrected chi connectivity index (χ2v) is 5.21. The van der Waals surface area contributed by atoms with E-state index in [1.807, 2.05) is 0 Å². The third kappa shape index (κ3) is 4.13. The lowest BCUT2D eigenvalue weighted by Gasteiger charge is -2.28. The predicted molar refractivity (Wildman–Crippen MR) is 80.5 cm³/mol. The van der Waals surface area contributed by atoms with Gasteiger partial charge >= 0.3 is 0 Å². The fourth-order valence-corrected chi connectivity index (χ4v) is 2.53. The van der Waals surface area contributed by atoms with Crippen molar-refractivity contribution in [3.63, 3.8) is 0 Å². The molecule has 1 saturated carbocycles. The molecule has 0 heterocycles. The van der Waals surface area contributed by atoms with Crippen LogP contribution in [0.1, 0.15) is 31.2 Å². The van der Waals surface area contributed by atoms with Crippen molar-refractivity contribution in [3.8, 4) is 0 Å². The van der Waals surface area contributed by atoms with Gasteiger partial charge in [-0.1, -0.05) is 25.0 Å². The zero-order valence-corrected chi connectivity index (χ0v) is 11.7. The summed E-state index contributed by atoms with van der Waals surface area (Å²) in [5.74, 6) is -0.268. The van der Waals surface area contributed by atoms with E-state index < -0.39 is 4.92 Å². The van der Waals surface area contributed by atoms with Crippen LogP contribution in [0.3, 0.4) is 0 Å².